The summed E-state index contributed by atoms with van der Waals surface area (Å²) in [6.45, 7) is 4.01. The van der Waals surface area contributed by atoms with Gasteiger partial charge < -0.3 is 11.1 Å². The van der Waals surface area contributed by atoms with Gasteiger partial charge in [0.15, 0.2) is 0 Å². The first-order valence-corrected chi connectivity index (χ1v) is 6.26. The fourth-order valence-electron chi connectivity index (χ4n) is 1.58. The number of halogens is 2. The molecule has 1 aromatic rings. The molecule has 0 saturated heterocycles. The summed E-state index contributed by atoms with van der Waals surface area (Å²) in [4.78, 5) is 11.9. The summed E-state index contributed by atoms with van der Waals surface area (Å²) in [5, 5.41) is 3.38. The van der Waals surface area contributed by atoms with Gasteiger partial charge in [0.1, 0.15) is 0 Å². The molecule has 0 spiro atoms. The molecule has 1 aromatic carbocycles. The zero-order chi connectivity index (χ0) is 13.0. The van der Waals surface area contributed by atoms with E-state index in [0.717, 1.165) is 12.8 Å². The number of hydrogen-bond acceptors (Lipinski definition) is 2. The van der Waals surface area contributed by atoms with E-state index in [1.807, 2.05) is 6.92 Å². The van der Waals surface area contributed by atoms with Crippen molar-refractivity contribution in [1.29, 1.82) is 0 Å². The third-order valence-corrected chi connectivity index (χ3v) is 3.20. The van der Waals surface area contributed by atoms with Crippen LogP contribution in [-0.4, -0.2) is 11.9 Å². The van der Waals surface area contributed by atoms with Gasteiger partial charge in [-0.3, -0.25) is 4.79 Å². The molecule has 0 saturated carbocycles. The number of hydrogen-bond donors (Lipinski definition) is 2. The van der Waals surface area contributed by atoms with Gasteiger partial charge in [-0.05, 0) is 25.5 Å². The summed E-state index contributed by atoms with van der Waals surface area (Å²) in [6, 6.07) is 3.15. The number of nitrogens with one attached hydrogen (secondary N) is 1. The first-order valence-electron chi connectivity index (χ1n) is 5.51. The predicted molar refractivity (Wildman–Crippen MR) is 72.7 cm³/mol. The monoisotopic (exact) mass is 274 g/mol. The van der Waals surface area contributed by atoms with Crippen LogP contribution < -0.4 is 11.1 Å². The summed E-state index contributed by atoms with van der Waals surface area (Å²) < 4.78 is 0. The fraction of sp³-hybridized carbons (Fsp3) is 0.417. The van der Waals surface area contributed by atoms with Crippen LogP contribution in [0.2, 0.25) is 10.0 Å². The molecule has 1 amide bonds. The van der Waals surface area contributed by atoms with Crippen molar-refractivity contribution in [3.63, 3.8) is 0 Å². The van der Waals surface area contributed by atoms with Crippen molar-refractivity contribution in [2.45, 2.75) is 32.7 Å². The van der Waals surface area contributed by atoms with Crippen LogP contribution in [0.1, 0.15) is 37.0 Å². The van der Waals surface area contributed by atoms with Gasteiger partial charge in [-0.15, -0.1) is 0 Å². The second-order valence-electron chi connectivity index (χ2n) is 4.03. The van der Waals surface area contributed by atoms with E-state index < -0.39 is 0 Å². The Bertz CT molecular complexity index is 421. The van der Waals surface area contributed by atoms with Crippen molar-refractivity contribution in [3.05, 3.63) is 27.7 Å². The highest BCUT2D eigenvalue weighted by Gasteiger charge is 2.15. The van der Waals surface area contributed by atoms with Gasteiger partial charge in [-0.25, -0.2) is 0 Å². The number of nitrogen functional groups attached to an aromatic ring is 1. The number of anilines is 1. The Morgan fingerprint density at radius 1 is 1.47 bits per heavy atom. The molecule has 94 valence electrons. The number of carbonyl (C=O) groups excluding carboxylic acids is 1. The van der Waals surface area contributed by atoms with Crippen LogP contribution >= 0.6 is 23.2 Å². The van der Waals surface area contributed by atoms with Crippen LogP contribution in [0.4, 0.5) is 5.69 Å². The van der Waals surface area contributed by atoms with Crippen molar-refractivity contribution in [2.24, 2.45) is 0 Å². The van der Waals surface area contributed by atoms with E-state index in [2.05, 4.69) is 12.2 Å². The predicted octanol–water partition coefficient (Wildman–Crippen LogP) is 3.49. The topological polar surface area (TPSA) is 55.1 Å². The molecule has 0 bridgehead atoms. The van der Waals surface area contributed by atoms with Crippen molar-refractivity contribution < 1.29 is 4.79 Å². The smallest absolute Gasteiger partial charge is 0.253 e. The van der Waals surface area contributed by atoms with Crippen molar-refractivity contribution in [3.8, 4) is 0 Å². The SMILES string of the molecule is CCCC(C)NC(=O)c1cc(N)cc(Cl)c1Cl. The summed E-state index contributed by atoms with van der Waals surface area (Å²) in [5.41, 5.74) is 6.38. The molecule has 0 aliphatic carbocycles. The Labute approximate surface area is 111 Å². The third-order valence-electron chi connectivity index (χ3n) is 2.39. The van der Waals surface area contributed by atoms with Crippen LogP contribution in [0.3, 0.4) is 0 Å². The minimum atomic E-state index is -0.245. The van der Waals surface area contributed by atoms with Gasteiger partial charge in [0, 0.05) is 11.7 Å². The van der Waals surface area contributed by atoms with E-state index in [1.165, 1.54) is 12.1 Å². The molecule has 3 nitrogen and oxygen atoms in total. The molecule has 0 aliphatic rings. The Hall–Kier alpha value is -0.930. The highest BCUT2D eigenvalue weighted by Crippen LogP contribution is 2.28. The molecule has 1 atom stereocenters. The van der Waals surface area contributed by atoms with Gasteiger partial charge in [-0.1, -0.05) is 36.5 Å². The molecular formula is C12H16Cl2N2O. The first-order chi connectivity index (χ1) is 7.95. The highest BCUT2D eigenvalue weighted by atomic mass is 35.5. The van der Waals surface area contributed by atoms with E-state index >= 15 is 0 Å². The van der Waals surface area contributed by atoms with E-state index in [0.29, 0.717) is 16.3 Å². The standard InChI is InChI=1S/C12H16Cl2N2O/c1-3-4-7(2)16-12(17)9-5-8(15)6-10(13)11(9)14/h5-7H,3-4,15H2,1-2H3,(H,16,17). The molecule has 0 radical (unpaired) electrons. The van der Waals surface area contributed by atoms with E-state index in [-0.39, 0.29) is 17.0 Å². The summed E-state index contributed by atoms with van der Waals surface area (Å²) in [6.07, 6.45) is 1.92. The summed E-state index contributed by atoms with van der Waals surface area (Å²) in [5.74, 6) is -0.245. The number of benzene rings is 1. The lowest BCUT2D eigenvalue weighted by Crippen LogP contribution is -2.32. The van der Waals surface area contributed by atoms with Gasteiger partial charge in [0.2, 0.25) is 0 Å². The van der Waals surface area contributed by atoms with Crippen LogP contribution in [0.25, 0.3) is 0 Å². The minimum absolute atomic E-state index is 0.101. The van der Waals surface area contributed by atoms with Crippen molar-refractivity contribution in [1.82, 2.24) is 5.32 Å². The van der Waals surface area contributed by atoms with Crippen LogP contribution in [0.15, 0.2) is 12.1 Å². The largest absolute Gasteiger partial charge is 0.399 e. The van der Waals surface area contributed by atoms with Crippen LogP contribution in [-0.2, 0) is 0 Å². The van der Waals surface area contributed by atoms with Crippen molar-refractivity contribution in [2.75, 3.05) is 5.73 Å². The highest BCUT2D eigenvalue weighted by molar-refractivity contribution is 6.44. The molecule has 17 heavy (non-hydrogen) atoms. The average molecular weight is 275 g/mol. The zero-order valence-corrected chi connectivity index (χ0v) is 11.4. The second-order valence-corrected chi connectivity index (χ2v) is 4.81. The molecule has 3 N–H and O–H groups in total. The summed E-state index contributed by atoms with van der Waals surface area (Å²) >= 11 is 11.8. The molecule has 0 aliphatic heterocycles. The van der Waals surface area contributed by atoms with Gasteiger partial charge in [0.25, 0.3) is 5.91 Å². The fourth-order valence-corrected chi connectivity index (χ4v) is 2.00. The van der Waals surface area contributed by atoms with E-state index in [9.17, 15) is 4.79 Å². The number of amides is 1. The maximum absolute atomic E-state index is 11.9. The molecule has 5 heteroatoms. The number of rotatable bonds is 4. The Morgan fingerprint density at radius 2 is 2.12 bits per heavy atom. The third kappa shape index (κ3) is 3.79. The van der Waals surface area contributed by atoms with E-state index in [4.69, 9.17) is 28.9 Å². The van der Waals surface area contributed by atoms with Crippen molar-refractivity contribution >= 4 is 34.8 Å². The Morgan fingerprint density at radius 3 is 2.71 bits per heavy atom. The first kappa shape index (κ1) is 14.1. The van der Waals surface area contributed by atoms with Crippen LogP contribution in [0.5, 0.6) is 0 Å². The zero-order valence-electron chi connectivity index (χ0n) is 9.89. The number of carbonyl (C=O) groups is 1. The lowest BCUT2D eigenvalue weighted by molar-refractivity contribution is 0.0938. The lowest BCUT2D eigenvalue weighted by atomic mass is 10.1. The number of nitrogens with two attached hydrogens (primary N) is 1. The average Bonchev–Trinajstić information content (AvgIpc) is 2.23. The molecule has 1 unspecified atom stereocenters. The maximum Gasteiger partial charge on any atom is 0.253 e. The van der Waals surface area contributed by atoms with Gasteiger partial charge in [0.05, 0.1) is 15.6 Å². The van der Waals surface area contributed by atoms with Gasteiger partial charge in [-0.2, -0.15) is 0 Å². The Balaban J connectivity index is 2.89. The summed E-state index contributed by atoms with van der Waals surface area (Å²) in [7, 11) is 0. The molecule has 0 heterocycles. The Kier molecular flexibility index (Phi) is 5.09. The van der Waals surface area contributed by atoms with E-state index in [1.54, 1.807) is 0 Å². The van der Waals surface area contributed by atoms with Crippen LogP contribution in [0, 0.1) is 0 Å². The quantitative estimate of drug-likeness (QED) is 0.826. The minimum Gasteiger partial charge on any atom is -0.399 e. The molecule has 0 fully saturated rings. The normalized spacial score (nSPS) is 12.2. The molecule has 0 aromatic heterocycles. The molecule has 1 rings (SSSR count). The lowest BCUT2D eigenvalue weighted by Gasteiger charge is -2.14. The van der Waals surface area contributed by atoms with Gasteiger partial charge >= 0.3 is 0 Å². The molecular weight excluding hydrogens is 259 g/mol. The maximum atomic E-state index is 11.9. The second kappa shape index (κ2) is 6.12.